The maximum absolute atomic E-state index is 8.52. The van der Waals surface area contributed by atoms with Gasteiger partial charge >= 0.3 is 224 Å². The van der Waals surface area contributed by atoms with E-state index in [2.05, 4.69) is 0 Å². The number of rotatable bonds is 0. The molecular weight excluding hydrogens is 1410 g/mol. The van der Waals surface area contributed by atoms with Gasteiger partial charge in [-0.2, -0.15) is 0 Å². The van der Waals surface area contributed by atoms with Crippen LogP contribution in [-0.4, -0.2) is 268 Å². The minimum atomic E-state index is -3.63. The first kappa shape index (κ1) is 245. The zero-order valence-electron chi connectivity index (χ0n) is 27.8. The summed E-state index contributed by atoms with van der Waals surface area (Å²) in [6, 6.07) is 0. The van der Waals surface area contributed by atoms with Crippen LogP contribution in [0.15, 0.2) is 0 Å². The molecule has 62 heteroatoms. The fourth-order valence-corrected chi connectivity index (χ4v) is 0. The molecule has 0 amide bonds. The Labute approximate surface area is 504 Å². The first-order valence-corrected chi connectivity index (χ1v) is 18.4. The van der Waals surface area contributed by atoms with Crippen molar-refractivity contribution in [1.29, 1.82) is 0 Å². The Balaban J connectivity index is -0.00000000517. The maximum atomic E-state index is 8.52. The molecule has 0 aromatic rings. The molecule has 0 saturated heterocycles. The SMILES string of the molecule is O=[Si]([O-])[O-].O=[Si]([O-])[O-].O=[Si]([O-])[O-].O=[Si]([O-])[O-].O=[Si]([O-])[O-].O=[Si]([O-])[O-].O=[Si]([O-])[O-].O=[Si]([O-])[O-].O=[Si]([O-])[O-].O=[Si]([O-])[O-].[Al+3].[Al+3].[Al+3].[Fe+3].[Fe+3].[Fe+3].[Mg+2].[Mg+2].[Mg+2].[Mn+2].[Mn+2].[Mn+2].[OH-].[OH-].[OH-].[OH-].[OH-].[OH-].[OH-].[OH-].[OH-].[OH-]. The summed E-state index contributed by atoms with van der Waals surface area (Å²) in [7, 11) is -36.3. The molecule has 0 spiro atoms. The van der Waals surface area contributed by atoms with E-state index in [1.807, 2.05) is 0 Å². The van der Waals surface area contributed by atoms with Crippen molar-refractivity contribution in [2.75, 3.05) is 0 Å². The van der Waals surface area contributed by atoms with Crippen LogP contribution < -0.4 is 95.9 Å². The van der Waals surface area contributed by atoms with Gasteiger partial charge in [0.2, 0.25) is 0 Å². The van der Waals surface area contributed by atoms with E-state index in [0.717, 1.165) is 0 Å². The molecule has 0 unspecified atom stereocenters. The molecule has 0 bridgehead atoms. The van der Waals surface area contributed by atoms with Gasteiger partial charge in [-0.15, -0.1) is 0 Å². The predicted octanol–water partition coefficient (Wildman–Crippen LogP) is -32.8. The standard InChI is InChI=1S/3Al.3Fe.3Mg.3Mn.10O3Si.10H2O/c;;;;;;;;;;;;10*1-4(2)3;;;;;;;;;;/h;;;;;;;;;;;;;;;;;;;;;;10*1H2/q6*+3;6*+2;10*-2;;;;;;;;;;/p-10. The first-order valence-electron chi connectivity index (χ1n) is 6.12. The summed E-state index contributed by atoms with van der Waals surface area (Å²) in [6.45, 7) is 0. The summed E-state index contributed by atoms with van der Waals surface area (Å²) in [5, 5.41) is 0. The van der Waals surface area contributed by atoms with Crippen molar-refractivity contribution in [2.45, 2.75) is 0 Å². The molecule has 0 saturated carbocycles. The smallest absolute Gasteiger partial charge is 0.870 e. The average molecular weight is 1420 g/mol. The van der Waals surface area contributed by atoms with Gasteiger partial charge in [0.15, 0.2) is 0 Å². The van der Waals surface area contributed by atoms with Crippen LogP contribution in [0.1, 0.15) is 0 Å². The Morgan fingerprint density at radius 2 is 0.177 bits per heavy atom. The van der Waals surface area contributed by atoms with E-state index in [-0.39, 0.29) is 278 Å². The Hall–Kier alpha value is 2.78. The van der Waals surface area contributed by atoms with Crippen LogP contribution in [0.5, 0.6) is 0 Å². The van der Waals surface area contributed by atoms with Crippen molar-refractivity contribution in [2.24, 2.45) is 0 Å². The summed E-state index contributed by atoms with van der Waals surface area (Å²) < 4.78 is 85.2. The van der Waals surface area contributed by atoms with Gasteiger partial charge in [-0.1, -0.05) is 0 Å². The molecule has 0 aromatic carbocycles. The Bertz CT molecular complexity index is 534. The summed E-state index contributed by atoms with van der Waals surface area (Å²) >= 11 is 0. The third kappa shape index (κ3) is 31000. The molecule has 0 fully saturated rings. The molecule has 0 aliphatic heterocycles. The van der Waals surface area contributed by atoms with Gasteiger partial charge in [0.05, 0.1) is 0 Å². The van der Waals surface area contributed by atoms with E-state index in [9.17, 15) is 0 Å². The van der Waals surface area contributed by atoms with Gasteiger partial charge < -0.3 is 195 Å². The molecular formula is H10Al3Fe3Mg3Mn3O40Si10. The Morgan fingerprint density at radius 1 is 0.177 bits per heavy atom. The molecule has 0 aliphatic carbocycles. The van der Waals surface area contributed by atoms with Crippen LogP contribution in [-0.2, 0) is 147 Å². The van der Waals surface area contributed by atoms with E-state index in [4.69, 9.17) is 141 Å². The summed E-state index contributed by atoms with van der Waals surface area (Å²) in [5.74, 6) is 0. The predicted molar refractivity (Wildman–Crippen MR) is 118 cm³/mol. The Morgan fingerprint density at radius 3 is 0.177 bits per heavy atom. The molecule has 0 heterocycles. The van der Waals surface area contributed by atoms with Gasteiger partial charge in [0.1, 0.15) is 0 Å². The van der Waals surface area contributed by atoms with Crippen molar-refractivity contribution in [3.05, 3.63) is 0 Å². The van der Waals surface area contributed by atoms with E-state index in [1.165, 1.54) is 0 Å². The molecule has 62 heavy (non-hydrogen) atoms. The molecule has 10 N–H and O–H groups in total. The van der Waals surface area contributed by atoms with Crippen molar-refractivity contribution in [1.82, 2.24) is 0 Å². The maximum Gasteiger partial charge on any atom is 3.00 e. The zero-order chi connectivity index (χ0) is 35.8. The topological polar surface area (TPSA) is 932 Å². The van der Waals surface area contributed by atoms with Crippen molar-refractivity contribution in [3.8, 4) is 0 Å². The fourth-order valence-electron chi connectivity index (χ4n) is 0. The minimum Gasteiger partial charge on any atom is -0.870 e. The van der Waals surface area contributed by atoms with Crippen molar-refractivity contribution in [3.63, 3.8) is 0 Å². The minimum absolute atomic E-state index is 0. The molecule has 350 valence electrons. The van der Waals surface area contributed by atoms with E-state index >= 15 is 0 Å². The van der Waals surface area contributed by atoms with Gasteiger partial charge in [-0.25, -0.2) is 0 Å². The second-order valence-electron chi connectivity index (χ2n) is 2.50. The van der Waals surface area contributed by atoms with Crippen molar-refractivity contribution >= 4 is 213 Å². The van der Waals surface area contributed by atoms with Crippen LogP contribution >= 0.6 is 0 Å². The summed E-state index contributed by atoms with van der Waals surface area (Å²) in [4.78, 5) is 170. The van der Waals surface area contributed by atoms with Crippen LogP contribution in [0.4, 0.5) is 0 Å². The largest absolute Gasteiger partial charge is 3.00 e. The molecule has 6 radical (unpaired) electrons. The van der Waals surface area contributed by atoms with Gasteiger partial charge in [0, 0.05) is 91.7 Å². The van der Waals surface area contributed by atoms with Crippen LogP contribution in [0.3, 0.4) is 0 Å². The van der Waals surface area contributed by atoms with E-state index < -0.39 is 91.7 Å². The number of hydrogen-bond acceptors (Lipinski definition) is 40. The summed E-state index contributed by atoms with van der Waals surface area (Å²) in [5.41, 5.74) is 0. The average Bonchev–Trinajstić information content (AvgIpc) is 2.47. The van der Waals surface area contributed by atoms with Gasteiger partial charge in [-0.3, -0.25) is 0 Å². The third-order valence-electron chi connectivity index (χ3n) is 0. The molecule has 0 atom stereocenters. The van der Waals surface area contributed by atoms with Crippen molar-refractivity contribution < 1.29 is 298 Å². The van der Waals surface area contributed by atoms with E-state index in [0.29, 0.717) is 0 Å². The molecule has 0 aliphatic rings. The third-order valence-corrected chi connectivity index (χ3v) is 0. The summed E-state index contributed by atoms with van der Waals surface area (Å²) in [6.07, 6.45) is 0. The second-order valence-corrected chi connectivity index (χ2v) is 7.50. The second kappa shape index (κ2) is 234. The monoisotopic (exact) mass is 1420 g/mol. The molecule has 40 nitrogen and oxygen atoms in total. The van der Waals surface area contributed by atoms with E-state index in [1.54, 1.807) is 0 Å². The Kier molecular flexibility index (Phi) is 925. The van der Waals surface area contributed by atoms with Gasteiger partial charge in [0.25, 0.3) is 0 Å². The fraction of sp³-hybridized carbons (Fsp3) is 0. The number of hydrogen-bond donors (Lipinski definition) is 0. The van der Waals surface area contributed by atoms with Crippen LogP contribution in [0.2, 0.25) is 0 Å². The normalized spacial score (nSPS) is 3.87. The zero-order valence-corrected chi connectivity index (χ0v) is 52.3. The van der Waals surface area contributed by atoms with Crippen LogP contribution in [0, 0.1) is 0 Å². The first-order chi connectivity index (χ1) is 17.3. The molecule has 0 aromatic heterocycles. The van der Waals surface area contributed by atoms with Crippen LogP contribution in [0.25, 0.3) is 0 Å². The van der Waals surface area contributed by atoms with Gasteiger partial charge in [-0.05, 0) is 0 Å². The molecule has 0 rings (SSSR count). The quantitative estimate of drug-likeness (QED) is 0.203.